The van der Waals surface area contributed by atoms with E-state index in [-0.39, 0.29) is 37.9 Å². The van der Waals surface area contributed by atoms with Crippen LogP contribution < -0.4 is 33.0 Å². The first kappa shape index (κ1) is 58.6. The summed E-state index contributed by atoms with van der Waals surface area (Å²) in [6.07, 6.45) is 10.0. The molecule has 1 aromatic heterocycles. The largest absolute Gasteiger partial charge is 0.445 e. The highest BCUT2D eigenvalue weighted by atomic mass is 16.6. The number of carbonyl (C=O) groups excluding carboxylic acids is 3. The van der Waals surface area contributed by atoms with E-state index in [2.05, 4.69) is 65.3 Å². The van der Waals surface area contributed by atoms with Crippen LogP contribution in [-0.4, -0.2) is 168 Å². The third kappa shape index (κ3) is 23.5. The second-order valence-electron chi connectivity index (χ2n) is 19.9. The van der Waals surface area contributed by atoms with Gasteiger partial charge in [-0.25, -0.2) is 42.5 Å². The maximum Gasteiger partial charge on any atom is 0.407 e. The number of ether oxygens (including phenoxy) is 5. The van der Waals surface area contributed by atoms with Crippen molar-refractivity contribution in [2.24, 2.45) is 0 Å². The number of hydrogen-bond donors (Lipinski definition) is 3. The number of amides is 3. The van der Waals surface area contributed by atoms with Crippen molar-refractivity contribution in [1.82, 2.24) is 44.4 Å². The molecule has 3 N–H and O–H groups in total. The lowest BCUT2D eigenvalue weighted by molar-refractivity contribution is 0.0124. The predicted octanol–water partition coefficient (Wildman–Crippen LogP) is 4.90. The van der Waals surface area contributed by atoms with E-state index in [0.29, 0.717) is 122 Å². The molecular weight excluding hydrogens is 903 g/mol. The maximum absolute atomic E-state index is 13.8. The number of aromatic nitrogens is 3. The summed E-state index contributed by atoms with van der Waals surface area (Å²) in [4.78, 5) is 85.4. The van der Waals surface area contributed by atoms with Crippen LogP contribution in [0.2, 0.25) is 0 Å². The van der Waals surface area contributed by atoms with Gasteiger partial charge in [0.2, 0.25) is 0 Å². The Morgan fingerprint density at radius 1 is 0.486 bits per heavy atom. The van der Waals surface area contributed by atoms with Gasteiger partial charge >= 0.3 is 35.3 Å². The van der Waals surface area contributed by atoms with E-state index in [1.807, 2.05) is 6.92 Å². The van der Waals surface area contributed by atoms with E-state index in [1.165, 1.54) is 13.7 Å². The number of nitrogens with one attached hydrogen (secondary N) is 3. The average molecular weight is 994 g/mol. The molecule has 20 nitrogen and oxygen atoms in total. The number of hydrogen-bond acceptors (Lipinski definition) is 14. The molecule has 0 radical (unpaired) electrons. The molecule has 0 aliphatic carbocycles. The molecule has 20 heteroatoms. The molecule has 3 saturated heterocycles. The van der Waals surface area contributed by atoms with Gasteiger partial charge in [0.15, 0.2) is 0 Å². The smallest absolute Gasteiger partial charge is 0.407 e. The molecule has 70 heavy (non-hydrogen) atoms. The van der Waals surface area contributed by atoms with E-state index in [0.717, 1.165) is 84.0 Å². The van der Waals surface area contributed by atoms with Gasteiger partial charge in [-0.1, -0.05) is 65.2 Å². The normalized spacial score (nSPS) is 21.3. The number of nitrogens with zero attached hydrogens (tertiary/aromatic N) is 6. The molecule has 0 spiro atoms. The summed E-state index contributed by atoms with van der Waals surface area (Å²) in [5, 5.41) is 8.51. The van der Waals surface area contributed by atoms with Crippen LogP contribution in [0.3, 0.4) is 0 Å². The lowest BCUT2D eigenvalue weighted by atomic mass is 10.2. The summed E-state index contributed by atoms with van der Waals surface area (Å²) in [6, 6.07) is 1.53. The molecule has 0 aromatic carbocycles. The zero-order valence-electron chi connectivity index (χ0n) is 43.8. The Kier molecular flexibility index (Phi) is 27.5. The van der Waals surface area contributed by atoms with Crippen LogP contribution in [0.25, 0.3) is 0 Å². The third-order valence-corrected chi connectivity index (χ3v) is 13.2. The van der Waals surface area contributed by atoms with Gasteiger partial charge in [0.25, 0.3) is 0 Å². The Balaban J connectivity index is 1.22. The van der Waals surface area contributed by atoms with Crippen LogP contribution in [0.15, 0.2) is 14.4 Å². The standard InChI is InChI=1S/C50H91N9O11/c1-7-9-29-66-37-43(35-55-32-40(55)4)69-46(61)52-24-18-12-15-21-27-58-48(63)57(26-20-14-11-17-23-51-45(60)68-42(6)34-54-31-39(54)3)49(64)59(50(58)65)28-22-16-13-19-25-53-47(62)70-44(36-56-33-41(56)5)38-67-30-10-8-2/h39-44H,7-38H2,1-6H3,(H,51,60)(H,52,61)(H,53,62). The average Bonchev–Trinajstić information content (AvgIpc) is 4.29. The minimum absolute atomic E-state index is 0.171. The zero-order chi connectivity index (χ0) is 50.7. The molecule has 3 amide bonds. The Labute approximate surface area is 416 Å². The van der Waals surface area contributed by atoms with Crippen LogP contribution in [-0.2, 0) is 43.3 Å². The number of alkyl carbamates (subject to hydrolysis) is 3. The molecule has 3 aliphatic heterocycles. The van der Waals surface area contributed by atoms with E-state index < -0.39 is 35.3 Å². The van der Waals surface area contributed by atoms with E-state index in [9.17, 15) is 28.8 Å². The van der Waals surface area contributed by atoms with Crippen molar-refractivity contribution in [3.63, 3.8) is 0 Å². The van der Waals surface area contributed by atoms with Gasteiger partial charge < -0.3 is 39.6 Å². The number of unbranched alkanes of at least 4 members (excludes halogenated alkanes) is 11. The number of rotatable bonds is 40. The summed E-state index contributed by atoms with van der Waals surface area (Å²) >= 11 is 0. The zero-order valence-corrected chi connectivity index (χ0v) is 43.8. The first-order valence-electron chi connectivity index (χ1n) is 27.0. The van der Waals surface area contributed by atoms with Crippen LogP contribution in [0.5, 0.6) is 0 Å². The van der Waals surface area contributed by atoms with Gasteiger partial charge in [0.1, 0.15) is 18.3 Å². The van der Waals surface area contributed by atoms with Gasteiger partial charge in [-0.3, -0.25) is 14.7 Å². The third-order valence-electron chi connectivity index (χ3n) is 13.2. The van der Waals surface area contributed by atoms with Crippen molar-refractivity contribution in [1.29, 1.82) is 0 Å². The van der Waals surface area contributed by atoms with Crippen LogP contribution in [0.4, 0.5) is 14.4 Å². The second-order valence-corrected chi connectivity index (χ2v) is 19.9. The predicted molar refractivity (Wildman–Crippen MR) is 270 cm³/mol. The molecule has 1 aromatic rings. The molecule has 3 fully saturated rings. The quantitative estimate of drug-likeness (QED) is 0.0454. The Bertz CT molecular complexity index is 1760. The molecule has 0 saturated carbocycles. The van der Waals surface area contributed by atoms with Gasteiger partial charge in [-0.15, -0.1) is 0 Å². The minimum Gasteiger partial charge on any atom is -0.445 e. The summed E-state index contributed by atoms with van der Waals surface area (Å²) < 4.78 is 31.9. The van der Waals surface area contributed by atoms with E-state index in [1.54, 1.807) is 0 Å². The fraction of sp³-hybridized carbons (Fsp3) is 0.880. The maximum atomic E-state index is 13.8. The molecule has 0 bridgehead atoms. The van der Waals surface area contributed by atoms with Crippen molar-refractivity contribution in [3.8, 4) is 0 Å². The summed E-state index contributed by atoms with van der Waals surface area (Å²) in [7, 11) is 0. The monoisotopic (exact) mass is 994 g/mol. The second kappa shape index (κ2) is 32.9. The fourth-order valence-corrected chi connectivity index (χ4v) is 8.38. The van der Waals surface area contributed by atoms with Gasteiger partial charge in [0, 0.05) is 110 Å². The Morgan fingerprint density at radius 3 is 1.13 bits per heavy atom. The van der Waals surface area contributed by atoms with Crippen molar-refractivity contribution in [2.45, 2.75) is 200 Å². The molecule has 4 heterocycles. The van der Waals surface area contributed by atoms with Crippen molar-refractivity contribution < 1.29 is 38.1 Å². The Hall–Kier alpha value is -3.98. The topological polar surface area (TPSA) is 208 Å². The van der Waals surface area contributed by atoms with E-state index >= 15 is 0 Å². The molecular formula is C50H91N9O11. The van der Waals surface area contributed by atoms with Crippen LogP contribution in [0, 0.1) is 0 Å². The summed E-state index contributed by atoms with van der Waals surface area (Å²) in [6.45, 7) is 21.4. The summed E-state index contributed by atoms with van der Waals surface area (Å²) in [5.41, 5.74) is -1.81. The lowest BCUT2D eigenvalue weighted by Crippen LogP contribution is -2.54. The highest BCUT2D eigenvalue weighted by Gasteiger charge is 2.34. The van der Waals surface area contributed by atoms with Crippen molar-refractivity contribution in [3.05, 3.63) is 31.5 Å². The van der Waals surface area contributed by atoms with Gasteiger partial charge in [-0.05, 0) is 79.1 Å². The van der Waals surface area contributed by atoms with Crippen LogP contribution in [0.1, 0.15) is 144 Å². The minimum atomic E-state index is -0.605. The molecule has 4 rings (SSSR count). The van der Waals surface area contributed by atoms with Gasteiger partial charge in [0.05, 0.1) is 13.2 Å². The number of carbonyl (C=O) groups is 3. The molecule has 9 atom stereocenters. The molecule has 9 unspecified atom stereocenters. The highest BCUT2D eigenvalue weighted by Crippen LogP contribution is 2.19. The highest BCUT2D eigenvalue weighted by molar-refractivity contribution is 5.68. The fourth-order valence-electron chi connectivity index (χ4n) is 8.38. The van der Waals surface area contributed by atoms with E-state index in [4.69, 9.17) is 23.7 Å². The molecule has 402 valence electrons. The van der Waals surface area contributed by atoms with Gasteiger partial charge in [-0.2, -0.15) is 0 Å². The lowest BCUT2D eigenvalue weighted by Gasteiger charge is -2.19. The summed E-state index contributed by atoms with van der Waals surface area (Å²) in [5.74, 6) is 0. The van der Waals surface area contributed by atoms with Crippen molar-refractivity contribution in [2.75, 3.05) is 85.3 Å². The SMILES string of the molecule is CCCCOCC(CN1CC1C)OC(=O)NCCCCCCn1c(=O)n(CCCCCCNC(=O)OC(C)CN2CC2C)c(=O)n(CCCCCCNC(=O)OC(COCCCC)CN2CC2C)c1=O. The first-order valence-corrected chi connectivity index (χ1v) is 27.0. The van der Waals surface area contributed by atoms with Crippen LogP contribution >= 0.6 is 0 Å². The van der Waals surface area contributed by atoms with Crippen molar-refractivity contribution >= 4 is 18.3 Å². The molecule has 3 aliphatic rings. The first-order chi connectivity index (χ1) is 33.8. The Morgan fingerprint density at radius 2 is 0.800 bits per heavy atom.